The van der Waals surface area contributed by atoms with Gasteiger partial charge in [0.15, 0.2) is 5.69 Å². The van der Waals surface area contributed by atoms with Gasteiger partial charge >= 0.3 is 0 Å². The second kappa shape index (κ2) is 7.77. The first-order valence-corrected chi connectivity index (χ1v) is 8.02. The van der Waals surface area contributed by atoms with Crippen molar-refractivity contribution >= 4 is 12.1 Å². The Labute approximate surface area is 142 Å². The third-order valence-corrected chi connectivity index (χ3v) is 3.35. The summed E-state index contributed by atoms with van der Waals surface area (Å²) in [6.45, 7) is 8.91. The molecular formula is C18H24N4O2. The van der Waals surface area contributed by atoms with E-state index in [0.29, 0.717) is 12.3 Å². The molecule has 24 heavy (non-hydrogen) atoms. The Hall–Kier alpha value is -2.63. The van der Waals surface area contributed by atoms with Gasteiger partial charge in [0, 0.05) is 11.1 Å². The number of hydrazone groups is 1. The molecule has 6 heteroatoms. The quantitative estimate of drug-likeness (QED) is 0.631. The van der Waals surface area contributed by atoms with Crippen LogP contribution in [-0.2, 0) is 5.41 Å². The Balaban J connectivity index is 1.91. The predicted molar refractivity (Wildman–Crippen MR) is 94.6 cm³/mol. The van der Waals surface area contributed by atoms with Gasteiger partial charge in [0.1, 0.15) is 5.75 Å². The number of carbonyl (C=O) groups is 1. The summed E-state index contributed by atoms with van der Waals surface area (Å²) < 4.78 is 5.51. The average Bonchev–Trinajstić information content (AvgIpc) is 3.04. The summed E-state index contributed by atoms with van der Waals surface area (Å²) in [5, 5.41) is 10.9. The van der Waals surface area contributed by atoms with Gasteiger partial charge in [-0.15, -0.1) is 0 Å². The van der Waals surface area contributed by atoms with Gasteiger partial charge in [-0.25, -0.2) is 5.43 Å². The van der Waals surface area contributed by atoms with Gasteiger partial charge in [0.05, 0.1) is 12.8 Å². The number of nitrogens with zero attached hydrogens (tertiary/aromatic N) is 2. The van der Waals surface area contributed by atoms with Crippen molar-refractivity contribution in [1.29, 1.82) is 0 Å². The maximum absolute atomic E-state index is 12.0. The van der Waals surface area contributed by atoms with Crippen molar-refractivity contribution in [3.63, 3.8) is 0 Å². The van der Waals surface area contributed by atoms with E-state index < -0.39 is 0 Å². The van der Waals surface area contributed by atoms with Crippen LogP contribution in [0.25, 0.3) is 0 Å². The number of carbonyl (C=O) groups excluding carboxylic acids is 1. The number of aromatic nitrogens is 2. The summed E-state index contributed by atoms with van der Waals surface area (Å²) >= 11 is 0. The van der Waals surface area contributed by atoms with E-state index in [-0.39, 0.29) is 11.3 Å². The summed E-state index contributed by atoms with van der Waals surface area (Å²) in [7, 11) is 0. The largest absolute Gasteiger partial charge is 0.494 e. The zero-order chi connectivity index (χ0) is 17.6. The number of hydrogen-bond donors (Lipinski definition) is 2. The van der Waals surface area contributed by atoms with Gasteiger partial charge < -0.3 is 4.74 Å². The molecule has 0 saturated heterocycles. The monoisotopic (exact) mass is 328 g/mol. The number of rotatable bonds is 6. The number of benzene rings is 1. The minimum atomic E-state index is -0.346. The van der Waals surface area contributed by atoms with Crippen molar-refractivity contribution in [1.82, 2.24) is 15.6 Å². The van der Waals surface area contributed by atoms with Crippen molar-refractivity contribution in [3.8, 4) is 5.75 Å². The fourth-order valence-electron chi connectivity index (χ4n) is 1.91. The maximum Gasteiger partial charge on any atom is 0.291 e. The zero-order valence-electron chi connectivity index (χ0n) is 14.6. The van der Waals surface area contributed by atoms with Gasteiger partial charge in [-0.2, -0.15) is 10.2 Å². The fourth-order valence-corrected chi connectivity index (χ4v) is 1.91. The second-order valence-electron chi connectivity index (χ2n) is 6.53. The number of nitrogens with one attached hydrogen (secondary N) is 2. The van der Waals surface area contributed by atoms with Crippen molar-refractivity contribution in [2.24, 2.45) is 5.10 Å². The molecule has 0 spiro atoms. The summed E-state index contributed by atoms with van der Waals surface area (Å²) in [6, 6.07) is 9.26. The Bertz CT molecular complexity index is 697. The Morgan fingerprint density at radius 2 is 2.04 bits per heavy atom. The molecule has 1 aromatic carbocycles. The van der Waals surface area contributed by atoms with E-state index in [1.165, 1.54) is 0 Å². The molecule has 2 aromatic rings. The van der Waals surface area contributed by atoms with E-state index in [2.05, 4.69) is 27.6 Å². The molecular weight excluding hydrogens is 304 g/mol. The minimum absolute atomic E-state index is 0.0869. The molecule has 0 fully saturated rings. The fraction of sp³-hybridized carbons (Fsp3) is 0.389. The first-order chi connectivity index (χ1) is 11.4. The van der Waals surface area contributed by atoms with Gasteiger partial charge in [0.25, 0.3) is 5.91 Å². The third kappa shape index (κ3) is 4.94. The molecule has 6 nitrogen and oxygen atoms in total. The van der Waals surface area contributed by atoms with Crippen LogP contribution >= 0.6 is 0 Å². The molecule has 1 aromatic heterocycles. The van der Waals surface area contributed by atoms with Gasteiger partial charge in [0.2, 0.25) is 0 Å². The lowest BCUT2D eigenvalue weighted by atomic mass is 9.92. The van der Waals surface area contributed by atoms with Crippen LogP contribution in [0.15, 0.2) is 35.4 Å². The highest BCUT2D eigenvalue weighted by molar-refractivity contribution is 5.93. The molecule has 128 valence electrons. The molecule has 0 aliphatic heterocycles. The van der Waals surface area contributed by atoms with E-state index >= 15 is 0 Å². The molecule has 2 rings (SSSR count). The highest BCUT2D eigenvalue weighted by Crippen LogP contribution is 2.20. The Kier molecular flexibility index (Phi) is 5.73. The SMILES string of the molecule is CCCOc1ccc(/C=N\NC(=O)c2cc(C(C)(C)C)[nH]n2)cc1. The van der Waals surface area contributed by atoms with Crippen LogP contribution in [-0.4, -0.2) is 28.9 Å². The molecule has 0 aliphatic carbocycles. The van der Waals surface area contributed by atoms with Crippen LogP contribution in [0.4, 0.5) is 0 Å². The van der Waals surface area contributed by atoms with Crippen molar-refractivity contribution < 1.29 is 9.53 Å². The molecule has 0 saturated carbocycles. The van der Waals surface area contributed by atoms with E-state index in [0.717, 1.165) is 23.4 Å². The predicted octanol–water partition coefficient (Wildman–Crippen LogP) is 3.26. The van der Waals surface area contributed by atoms with E-state index in [1.807, 2.05) is 45.0 Å². The van der Waals surface area contributed by atoms with E-state index in [1.54, 1.807) is 12.3 Å². The third-order valence-electron chi connectivity index (χ3n) is 3.35. The van der Waals surface area contributed by atoms with Crippen LogP contribution < -0.4 is 10.2 Å². The van der Waals surface area contributed by atoms with Crippen molar-refractivity contribution in [2.45, 2.75) is 39.5 Å². The van der Waals surface area contributed by atoms with Gasteiger partial charge in [-0.05, 0) is 42.3 Å². The van der Waals surface area contributed by atoms with Gasteiger partial charge in [-0.1, -0.05) is 27.7 Å². The molecule has 0 radical (unpaired) electrons. The molecule has 0 atom stereocenters. The number of amides is 1. The average molecular weight is 328 g/mol. The molecule has 0 bridgehead atoms. The van der Waals surface area contributed by atoms with Crippen LogP contribution in [0, 0.1) is 0 Å². The second-order valence-corrected chi connectivity index (χ2v) is 6.53. The summed E-state index contributed by atoms with van der Waals surface area (Å²) in [5.74, 6) is 0.477. The molecule has 0 unspecified atom stereocenters. The smallest absolute Gasteiger partial charge is 0.291 e. The Morgan fingerprint density at radius 3 is 2.62 bits per heavy atom. The standard InChI is InChI=1S/C18H24N4O2/c1-5-10-24-14-8-6-13(7-9-14)12-19-22-17(23)15-11-16(21-20-15)18(2,3)4/h6-9,11-12H,5,10H2,1-4H3,(H,20,21)(H,22,23)/b19-12-. The number of ether oxygens (including phenoxy) is 1. The topological polar surface area (TPSA) is 79.4 Å². The Morgan fingerprint density at radius 1 is 1.33 bits per heavy atom. The number of H-pyrrole nitrogens is 1. The van der Waals surface area contributed by atoms with Crippen LogP contribution in [0.1, 0.15) is 55.9 Å². The van der Waals surface area contributed by atoms with E-state index in [4.69, 9.17) is 4.74 Å². The van der Waals surface area contributed by atoms with Crippen LogP contribution in [0.3, 0.4) is 0 Å². The lowest BCUT2D eigenvalue weighted by Gasteiger charge is -2.14. The lowest BCUT2D eigenvalue weighted by Crippen LogP contribution is -2.18. The van der Waals surface area contributed by atoms with Crippen molar-refractivity contribution in [3.05, 3.63) is 47.3 Å². The van der Waals surface area contributed by atoms with Crippen LogP contribution in [0.2, 0.25) is 0 Å². The molecule has 1 amide bonds. The summed E-state index contributed by atoms with van der Waals surface area (Å²) in [6.07, 6.45) is 2.55. The summed E-state index contributed by atoms with van der Waals surface area (Å²) in [4.78, 5) is 12.0. The first kappa shape index (κ1) is 17.7. The highest BCUT2D eigenvalue weighted by Gasteiger charge is 2.19. The van der Waals surface area contributed by atoms with E-state index in [9.17, 15) is 4.79 Å². The number of aromatic amines is 1. The molecule has 1 heterocycles. The number of hydrogen-bond acceptors (Lipinski definition) is 4. The minimum Gasteiger partial charge on any atom is -0.494 e. The maximum atomic E-state index is 12.0. The first-order valence-electron chi connectivity index (χ1n) is 8.02. The highest BCUT2D eigenvalue weighted by atomic mass is 16.5. The van der Waals surface area contributed by atoms with Crippen LogP contribution in [0.5, 0.6) is 5.75 Å². The van der Waals surface area contributed by atoms with Gasteiger partial charge in [-0.3, -0.25) is 9.89 Å². The normalized spacial score (nSPS) is 11.7. The lowest BCUT2D eigenvalue weighted by molar-refractivity contribution is 0.0950. The zero-order valence-corrected chi connectivity index (χ0v) is 14.6. The summed E-state index contributed by atoms with van der Waals surface area (Å²) in [5.41, 5.74) is 4.48. The van der Waals surface area contributed by atoms with Crippen molar-refractivity contribution in [2.75, 3.05) is 6.61 Å². The molecule has 2 N–H and O–H groups in total. The molecule has 0 aliphatic rings.